The summed E-state index contributed by atoms with van der Waals surface area (Å²) >= 11 is 0. The van der Waals surface area contributed by atoms with Crippen LogP contribution in [0.25, 0.3) is 0 Å². The summed E-state index contributed by atoms with van der Waals surface area (Å²) in [5.41, 5.74) is 0. The first kappa shape index (κ1) is 23.4. The van der Waals surface area contributed by atoms with Crippen molar-refractivity contribution >= 4 is 29.8 Å². The minimum absolute atomic E-state index is 0.147. The highest BCUT2D eigenvalue weighted by molar-refractivity contribution is 5.68. The van der Waals surface area contributed by atoms with Gasteiger partial charge in [-0.3, -0.25) is 24.0 Å². The predicted molar refractivity (Wildman–Crippen MR) is 84.5 cm³/mol. The van der Waals surface area contributed by atoms with Crippen molar-refractivity contribution in [3.05, 3.63) is 0 Å². The molecule has 0 aliphatic heterocycles. The summed E-state index contributed by atoms with van der Waals surface area (Å²) in [4.78, 5) is 55.9. The first-order chi connectivity index (χ1) is 12.0. The van der Waals surface area contributed by atoms with Crippen LogP contribution in [0.2, 0.25) is 0 Å². The van der Waals surface area contributed by atoms with Gasteiger partial charge in [0.05, 0.1) is 0 Å². The lowest BCUT2D eigenvalue weighted by atomic mass is 10.1. The zero-order valence-corrected chi connectivity index (χ0v) is 15.4. The number of hydrogen-bond donors (Lipinski definition) is 0. The Kier molecular flexibility index (Phi) is 10.6. The highest BCUT2D eigenvalue weighted by Gasteiger charge is 2.32. The number of esters is 5. The van der Waals surface area contributed by atoms with E-state index in [9.17, 15) is 24.0 Å². The van der Waals surface area contributed by atoms with Crippen molar-refractivity contribution in [1.82, 2.24) is 0 Å². The molecule has 0 spiro atoms. The van der Waals surface area contributed by atoms with Gasteiger partial charge >= 0.3 is 29.8 Å². The summed E-state index contributed by atoms with van der Waals surface area (Å²) in [6.07, 6.45) is -3.34. The second-order valence-electron chi connectivity index (χ2n) is 5.37. The second-order valence-corrected chi connectivity index (χ2v) is 5.37. The Bertz CT molecular complexity index is 527. The third-order valence-electron chi connectivity index (χ3n) is 2.80. The lowest BCUT2D eigenvalue weighted by molar-refractivity contribution is -0.178. The van der Waals surface area contributed by atoms with Crippen LogP contribution in [0.1, 0.15) is 41.0 Å². The molecule has 0 heterocycles. The van der Waals surface area contributed by atoms with Gasteiger partial charge in [0, 0.05) is 41.0 Å². The van der Waals surface area contributed by atoms with Gasteiger partial charge in [-0.05, 0) is 0 Å². The van der Waals surface area contributed by atoms with Crippen LogP contribution in [-0.2, 0) is 47.7 Å². The summed E-state index contributed by atoms with van der Waals surface area (Å²) in [5.74, 6) is -3.25. The van der Waals surface area contributed by atoms with Crippen LogP contribution in [-0.4, -0.2) is 61.4 Å². The van der Waals surface area contributed by atoms with Gasteiger partial charge in [0.2, 0.25) is 0 Å². The van der Waals surface area contributed by atoms with E-state index >= 15 is 0 Å². The first-order valence-electron chi connectivity index (χ1n) is 7.79. The Morgan fingerprint density at radius 1 is 0.577 bits per heavy atom. The number of ether oxygens (including phenoxy) is 5. The first-order valence-corrected chi connectivity index (χ1v) is 7.79. The second kappa shape index (κ2) is 11.8. The number of rotatable bonds is 10. The van der Waals surface area contributed by atoms with Crippen molar-refractivity contribution in [3.8, 4) is 0 Å². The van der Waals surface area contributed by atoms with Crippen molar-refractivity contribution in [1.29, 1.82) is 0 Å². The molecule has 26 heavy (non-hydrogen) atoms. The van der Waals surface area contributed by atoms with E-state index in [1.54, 1.807) is 0 Å². The van der Waals surface area contributed by atoms with Crippen molar-refractivity contribution in [2.45, 2.75) is 59.4 Å². The van der Waals surface area contributed by atoms with E-state index in [0.717, 1.165) is 27.7 Å². The van der Waals surface area contributed by atoms with Gasteiger partial charge < -0.3 is 23.7 Å². The maximum absolute atomic E-state index is 11.4. The Morgan fingerprint density at radius 2 is 1.00 bits per heavy atom. The molecular formula is C16H24O10. The van der Waals surface area contributed by atoms with E-state index in [2.05, 4.69) is 0 Å². The molecule has 0 aromatic rings. The lowest BCUT2D eigenvalue weighted by Gasteiger charge is -2.28. The molecule has 0 saturated carbocycles. The van der Waals surface area contributed by atoms with E-state index in [-0.39, 0.29) is 19.6 Å². The van der Waals surface area contributed by atoms with Gasteiger partial charge in [0.25, 0.3) is 0 Å². The molecule has 0 fully saturated rings. The highest BCUT2D eigenvalue weighted by Crippen LogP contribution is 2.16. The molecule has 0 aromatic carbocycles. The van der Waals surface area contributed by atoms with Gasteiger partial charge in [-0.25, -0.2) is 0 Å². The maximum atomic E-state index is 11.4. The van der Waals surface area contributed by atoms with Gasteiger partial charge in [-0.1, -0.05) is 0 Å². The molecule has 0 aliphatic carbocycles. The van der Waals surface area contributed by atoms with Crippen LogP contribution < -0.4 is 0 Å². The van der Waals surface area contributed by atoms with Crippen molar-refractivity contribution < 1.29 is 47.7 Å². The van der Waals surface area contributed by atoms with Crippen molar-refractivity contribution in [2.75, 3.05) is 13.2 Å². The van der Waals surface area contributed by atoms with E-state index in [4.69, 9.17) is 23.7 Å². The molecule has 0 radical (unpaired) electrons. The zero-order valence-electron chi connectivity index (χ0n) is 15.4. The summed E-state index contributed by atoms with van der Waals surface area (Å²) in [6.45, 7) is 5.11. The third-order valence-corrected chi connectivity index (χ3v) is 2.80. The Balaban J connectivity index is 5.34. The molecule has 10 heteroatoms. The fourth-order valence-electron chi connectivity index (χ4n) is 1.97. The molecule has 0 aromatic heterocycles. The van der Waals surface area contributed by atoms with Crippen LogP contribution in [0, 0.1) is 0 Å². The lowest BCUT2D eigenvalue weighted by Crippen LogP contribution is -2.42. The molecular weight excluding hydrogens is 352 g/mol. The normalized spacial score (nSPS) is 13.6. The molecule has 0 N–H and O–H groups in total. The fraction of sp³-hybridized carbons (Fsp3) is 0.688. The van der Waals surface area contributed by atoms with Gasteiger partial charge in [0.1, 0.15) is 25.4 Å². The third kappa shape index (κ3) is 11.8. The van der Waals surface area contributed by atoms with Crippen molar-refractivity contribution in [2.24, 2.45) is 0 Å². The standard InChI is InChI=1S/C16H24O10/c1-9(17)22-7-14(24-11(3)19)6-15(25-12(4)20)16(26-13(5)21)8-23-10(2)18/h14-16H,6-8H2,1-5H3/t14-,15-,16-/m1/s1. The van der Waals surface area contributed by atoms with Crippen LogP contribution in [0.3, 0.4) is 0 Å². The summed E-state index contributed by atoms with van der Waals surface area (Å²) < 4.78 is 24.9. The smallest absolute Gasteiger partial charge is 0.303 e. The Labute approximate surface area is 151 Å². The summed E-state index contributed by atoms with van der Waals surface area (Å²) in [6, 6.07) is 0. The molecule has 0 rings (SSSR count). The van der Waals surface area contributed by atoms with Crippen LogP contribution in [0.15, 0.2) is 0 Å². The van der Waals surface area contributed by atoms with Crippen LogP contribution in [0.4, 0.5) is 0 Å². The highest BCUT2D eigenvalue weighted by atomic mass is 16.6. The molecule has 0 saturated heterocycles. The van der Waals surface area contributed by atoms with Gasteiger partial charge in [-0.2, -0.15) is 0 Å². The molecule has 0 unspecified atom stereocenters. The number of carbonyl (C=O) groups is 5. The minimum atomic E-state index is -1.13. The average Bonchev–Trinajstić information content (AvgIpc) is 2.46. The van der Waals surface area contributed by atoms with Gasteiger partial charge in [0.15, 0.2) is 6.10 Å². The number of hydrogen-bond acceptors (Lipinski definition) is 10. The molecule has 0 bridgehead atoms. The fourth-order valence-corrected chi connectivity index (χ4v) is 1.97. The molecule has 0 amide bonds. The largest absolute Gasteiger partial charge is 0.462 e. The zero-order chi connectivity index (χ0) is 20.3. The van der Waals surface area contributed by atoms with E-state index in [1.165, 1.54) is 6.92 Å². The number of carbonyl (C=O) groups excluding carboxylic acids is 5. The monoisotopic (exact) mass is 376 g/mol. The van der Waals surface area contributed by atoms with Gasteiger partial charge in [-0.15, -0.1) is 0 Å². The Morgan fingerprint density at radius 3 is 1.42 bits per heavy atom. The minimum Gasteiger partial charge on any atom is -0.462 e. The SMILES string of the molecule is CC(=O)OC[C@@H](C[C@@H](OC(C)=O)[C@@H](COC(C)=O)OC(C)=O)OC(C)=O. The van der Waals surface area contributed by atoms with Crippen molar-refractivity contribution in [3.63, 3.8) is 0 Å². The predicted octanol–water partition coefficient (Wildman–Crippen LogP) is 0.298. The van der Waals surface area contributed by atoms with Crippen LogP contribution in [0.5, 0.6) is 0 Å². The van der Waals surface area contributed by atoms with E-state index < -0.39 is 48.2 Å². The molecule has 148 valence electrons. The molecule has 0 aliphatic rings. The summed E-state index contributed by atoms with van der Waals surface area (Å²) in [7, 11) is 0. The Hall–Kier alpha value is -2.65. The summed E-state index contributed by atoms with van der Waals surface area (Å²) in [5, 5.41) is 0. The topological polar surface area (TPSA) is 132 Å². The molecule has 3 atom stereocenters. The van der Waals surface area contributed by atoms with E-state index in [1.807, 2.05) is 0 Å². The average molecular weight is 376 g/mol. The van der Waals surface area contributed by atoms with Crippen LogP contribution >= 0.6 is 0 Å². The quantitative estimate of drug-likeness (QED) is 0.387. The van der Waals surface area contributed by atoms with E-state index in [0.29, 0.717) is 0 Å². The maximum Gasteiger partial charge on any atom is 0.303 e. The molecule has 10 nitrogen and oxygen atoms in total.